The minimum Gasteiger partial charge on any atom is -0.349 e. The van der Waals surface area contributed by atoms with Crippen molar-refractivity contribution in [2.45, 2.75) is 52.1 Å². The van der Waals surface area contributed by atoms with Crippen LogP contribution in [0.1, 0.15) is 39.5 Å². The zero-order valence-corrected chi connectivity index (χ0v) is 13.1. The van der Waals surface area contributed by atoms with E-state index in [2.05, 4.69) is 23.7 Å². The van der Waals surface area contributed by atoms with Crippen molar-refractivity contribution in [2.75, 3.05) is 17.3 Å². The predicted octanol–water partition coefficient (Wildman–Crippen LogP) is 2.89. The van der Waals surface area contributed by atoms with Crippen LogP contribution in [0.3, 0.4) is 0 Å². The molecule has 1 aromatic rings. The van der Waals surface area contributed by atoms with E-state index >= 15 is 0 Å². The highest BCUT2D eigenvalue weighted by Crippen LogP contribution is 2.27. The maximum Gasteiger partial charge on any atom is 0.293 e. The van der Waals surface area contributed by atoms with E-state index in [1.807, 2.05) is 0 Å². The van der Waals surface area contributed by atoms with E-state index < -0.39 is 0 Å². The van der Waals surface area contributed by atoms with Crippen molar-refractivity contribution in [2.24, 2.45) is 5.92 Å². The van der Waals surface area contributed by atoms with E-state index in [4.69, 9.17) is 11.6 Å². The monoisotopic (exact) mass is 297 g/mol. The SMILES string of the molecule is CC(C)Cn1ccnc(N(CCCCl)C2CCC2)c1=O. The molecule has 5 heteroatoms. The standard InChI is InChI=1S/C15H24ClN3O/c1-12(2)11-18-10-8-17-14(15(18)20)19(9-4-7-16)13-5-3-6-13/h8,10,12-13H,3-7,9,11H2,1-2H3. The first-order chi connectivity index (χ1) is 9.63. The Balaban J connectivity index is 2.25. The number of nitrogens with zero attached hydrogens (tertiary/aromatic N) is 3. The van der Waals surface area contributed by atoms with E-state index in [0.717, 1.165) is 32.4 Å². The van der Waals surface area contributed by atoms with Crippen LogP contribution in [0.5, 0.6) is 0 Å². The Labute approximate surface area is 125 Å². The topological polar surface area (TPSA) is 38.1 Å². The molecule has 1 fully saturated rings. The lowest BCUT2D eigenvalue weighted by molar-refractivity contribution is 0.381. The van der Waals surface area contributed by atoms with Crippen molar-refractivity contribution in [1.29, 1.82) is 0 Å². The summed E-state index contributed by atoms with van der Waals surface area (Å²) in [6, 6.07) is 0.466. The fourth-order valence-corrected chi connectivity index (χ4v) is 2.68. The normalized spacial score (nSPS) is 15.4. The van der Waals surface area contributed by atoms with Crippen LogP contribution in [-0.2, 0) is 6.54 Å². The smallest absolute Gasteiger partial charge is 0.293 e. The van der Waals surface area contributed by atoms with E-state index in [1.165, 1.54) is 6.42 Å². The van der Waals surface area contributed by atoms with Gasteiger partial charge >= 0.3 is 0 Å². The van der Waals surface area contributed by atoms with Crippen molar-refractivity contribution in [3.63, 3.8) is 0 Å². The Bertz CT molecular complexity index is 482. The third kappa shape index (κ3) is 3.54. The molecule has 0 saturated heterocycles. The lowest BCUT2D eigenvalue weighted by Crippen LogP contribution is -2.45. The number of halogens is 1. The predicted molar refractivity (Wildman–Crippen MR) is 83.7 cm³/mol. The number of rotatable bonds is 7. The van der Waals surface area contributed by atoms with Crippen molar-refractivity contribution in [3.05, 3.63) is 22.7 Å². The zero-order valence-electron chi connectivity index (χ0n) is 12.4. The third-order valence-corrected chi connectivity index (χ3v) is 4.04. The number of aromatic nitrogens is 2. The second kappa shape index (κ2) is 7.11. The molecule has 1 aliphatic rings. The summed E-state index contributed by atoms with van der Waals surface area (Å²) in [5, 5.41) is 0. The number of alkyl halides is 1. The van der Waals surface area contributed by atoms with Gasteiger partial charge in [-0.3, -0.25) is 4.79 Å². The van der Waals surface area contributed by atoms with E-state index in [-0.39, 0.29) is 5.56 Å². The van der Waals surface area contributed by atoms with Crippen molar-refractivity contribution in [1.82, 2.24) is 9.55 Å². The zero-order chi connectivity index (χ0) is 14.5. The van der Waals surface area contributed by atoms with E-state index in [9.17, 15) is 4.79 Å². The first-order valence-corrected chi connectivity index (χ1v) is 8.05. The van der Waals surface area contributed by atoms with Gasteiger partial charge < -0.3 is 9.47 Å². The second-order valence-corrected chi connectivity index (χ2v) is 6.30. The lowest BCUT2D eigenvalue weighted by Gasteiger charge is -2.38. The Morgan fingerprint density at radius 1 is 1.50 bits per heavy atom. The third-order valence-electron chi connectivity index (χ3n) is 3.78. The Kier molecular flexibility index (Phi) is 5.46. The van der Waals surface area contributed by atoms with Gasteiger partial charge in [0, 0.05) is 37.4 Å². The minimum atomic E-state index is 0.0303. The maximum absolute atomic E-state index is 12.6. The van der Waals surface area contributed by atoms with Gasteiger partial charge in [0.1, 0.15) is 0 Å². The van der Waals surface area contributed by atoms with Crippen LogP contribution in [0.15, 0.2) is 17.2 Å². The van der Waals surface area contributed by atoms with Crippen LogP contribution in [0.25, 0.3) is 0 Å². The summed E-state index contributed by atoms with van der Waals surface area (Å²) in [5.41, 5.74) is 0.0303. The lowest BCUT2D eigenvalue weighted by atomic mass is 9.91. The molecule has 0 N–H and O–H groups in total. The average Bonchev–Trinajstić information content (AvgIpc) is 2.34. The molecule has 0 unspecified atom stereocenters. The van der Waals surface area contributed by atoms with Crippen LogP contribution >= 0.6 is 11.6 Å². The highest BCUT2D eigenvalue weighted by atomic mass is 35.5. The van der Waals surface area contributed by atoms with Crippen LogP contribution < -0.4 is 10.5 Å². The molecule has 0 bridgehead atoms. The van der Waals surface area contributed by atoms with Gasteiger partial charge in [-0.15, -0.1) is 11.6 Å². The molecule has 0 amide bonds. The molecular formula is C15H24ClN3O. The summed E-state index contributed by atoms with van der Waals surface area (Å²) in [7, 11) is 0. The molecule has 1 aromatic heterocycles. The fraction of sp³-hybridized carbons (Fsp3) is 0.733. The van der Waals surface area contributed by atoms with Gasteiger partial charge in [-0.2, -0.15) is 0 Å². The summed E-state index contributed by atoms with van der Waals surface area (Å²) in [4.78, 5) is 19.1. The van der Waals surface area contributed by atoms with Gasteiger partial charge in [0.05, 0.1) is 0 Å². The Morgan fingerprint density at radius 2 is 2.25 bits per heavy atom. The highest BCUT2D eigenvalue weighted by Gasteiger charge is 2.27. The summed E-state index contributed by atoms with van der Waals surface area (Å²) < 4.78 is 1.78. The second-order valence-electron chi connectivity index (χ2n) is 5.92. The van der Waals surface area contributed by atoms with Crippen LogP contribution in [0, 0.1) is 5.92 Å². The van der Waals surface area contributed by atoms with Gasteiger partial charge in [-0.1, -0.05) is 13.8 Å². The molecule has 0 radical (unpaired) electrons. The van der Waals surface area contributed by atoms with Crippen LogP contribution in [-0.4, -0.2) is 28.0 Å². The van der Waals surface area contributed by atoms with Gasteiger partial charge in [0.15, 0.2) is 5.82 Å². The summed E-state index contributed by atoms with van der Waals surface area (Å²) >= 11 is 5.81. The molecule has 0 spiro atoms. The van der Waals surface area contributed by atoms with Crippen molar-refractivity contribution < 1.29 is 0 Å². The first kappa shape index (κ1) is 15.4. The fourth-order valence-electron chi connectivity index (χ4n) is 2.56. The molecule has 2 rings (SSSR count). The molecule has 0 aromatic carbocycles. The van der Waals surface area contributed by atoms with Gasteiger partial charge in [-0.05, 0) is 31.6 Å². The van der Waals surface area contributed by atoms with Gasteiger partial charge in [0.2, 0.25) is 0 Å². The molecule has 112 valence electrons. The molecule has 1 heterocycles. The summed E-state index contributed by atoms with van der Waals surface area (Å²) in [6.07, 6.45) is 7.97. The Morgan fingerprint density at radius 3 is 2.80 bits per heavy atom. The molecule has 20 heavy (non-hydrogen) atoms. The van der Waals surface area contributed by atoms with Gasteiger partial charge in [-0.25, -0.2) is 4.98 Å². The molecule has 1 saturated carbocycles. The van der Waals surface area contributed by atoms with Crippen LogP contribution in [0.4, 0.5) is 5.82 Å². The van der Waals surface area contributed by atoms with E-state index in [0.29, 0.717) is 23.7 Å². The highest BCUT2D eigenvalue weighted by molar-refractivity contribution is 6.17. The van der Waals surface area contributed by atoms with Crippen molar-refractivity contribution >= 4 is 17.4 Å². The van der Waals surface area contributed by atoms with E-state index in [1.54, 1.807) is 17.0 Å². The van der Waals surface area contributed by atoms with Gasteiger partial charge in [0.25, 0.3) is 5.56 Å². The molecule has 0 aliphatic heterocycles. The number of anilines is 1. The van der Waals surface area contributed by atoms with Crippen molar-refractivity contribution in [3.8, 4) is 0 Å². The minimum absolute atomic E-state index is 0.0303. The average molecular weight is 298 g/mol. The molecule has 0 atom stereocenters. The molecule has 1 aliphatic carbocycles. The summed E-state index contributed by atoms with van der Waals surface area (Å²) in [6.45, 7) is 5.79. The quantitative estimate of drug-likeness (QED) is 0.726. The molecular weight excluding hydrogens is 274 g/mol. The Hall–Kier alpha value is -1.03. The van der Waals surface area contributed by atoms with Crippen LogP contribution in [0.2, 0.25) is 0 Å². The number of hydrogen-bond acceptors (Lipinski definition) is 3. The number of hydrogen-bond donors (Lipinski definition) is 0. The maximum atomic E-state index is 12.6. The largest absolute Gasteiger partial charge is 0.349 e. The first-order valence-electron chi connectivity index (χ1n) is 7.51. The molecule has 4 nitrogen and oxygen atoms in total. The summed E-state index contributed by atoms with van der Waals surface area (Å²) in [5.74, 6) is 1.67.